The van der Waals surface area contributed by atoms with Crippen LogP contribution in [0.15, 0.2) is 0 Å². The average Bonchev–Trinajstić information content (AvgIpc) is 2.37. The first-order valence-corrected chi connectivity index (χ1v) is 7.44. The van der Waals surface area contributed by atoms with E-state index >= 15 is 0 Å². The van der Waals surface area contributed by atoms with Gasteiger partial charge in [-0.2, -0.15) is 5.26 Å². The van der Waals surface area contributed by atoms with Crippen LogP contribution in [-0.4, -0.2) is 48.3 Å². The number of ether oxygens (including phenoxy) is 1. The highest BCUT2D eigenvalue weighted by Crippen LogP contribution is 2.19. The maximum absolute atomic E-state index is 9.42. The molecule has 0 aliphatic carbocycles. The molecule has 0 saturated carbocycles. The molecule has 0 radical (unpaired) electrons. The minimum atomic E-state index is -0.451. The number of morpholine rings is 1. The van der Waals surface area contributed by atoms with Crippen molar-refractivity contribution in [3.63, 3.8) is 0 Å². The second-order valence-corrected chi connectivity index (χ2v) is 6.19. The van der Waals surface area contributed by atoms with E-state index in [0.29, 0.717) is 18.2 Å². The molecule has 0 aromatic heterocycles. The van der Waals surface area contributed by atoms with Crippen LogP contribution in [0, 0.1) is 11.3 Å². The summed E-state index contributed by atoms with van der Waals surface area (Å²) in [5, 5.41) is 12.8. The van der Waals surface area contributed by atoms with Gasteiger partial charge >= 0.3 is 0 Å². The fraction of sp³-hybridized carbons (Fsp3) is 0.933. The topological polar surface area (TPSA) is 48.3 Å². The summed E-state index contributed by atoms with van der Waals surface area (Å²) in [4.78, 5) is 2.45. The summed E-state index contributed by atoms with van der Waals surface area (Å²) in [6, 6.07) is 3.16. The number of hydrogen-bond donors (Lipinski definition) is 1. The van der Waals surface area contributed by atoms with E-state index in [9.17, 15) is 5.26 Å². The molecule has 3 unspecified atom stereocenters. The van der Waals surface area contributed by atoms with Crippen molar-refractivity contribution in [1.82, 2.24) is 10.2 Å². The summed E-state index contributed by atoms with van der Waals surface area (Å²) in [6.45, 7) is 13.3. The molecule has 0 aromatic carbocycles. The first-order chi connectivity index (χ1) is 8.90. The van der Waals surface area contributed by atoms with Crippen molar-refractivity contribution in [3.8, 4) is 6.07 Å². The van der Waals surface area contributed by atoms with Crippen molar-refractivity contribution in [2.75, 3.05) is 19.7 Å². The molecular weight excluding hydrogens is 238 g/mol. The monoisotopic (exact) mass is 267 g/mol. The molecular formula is C15H29N3O. The molecule has 19 heavy (non-hydrogen) atoms. The molecule has 1 heterocycles. The molecule has 0 aromatic rings. The minimum Gasteiger partial charge on any atom is -0.376 e. The lowest BCUT2D eigenvalue weighted by molar-refractivity contribution is -0.0450. The van der Waals surface area contributed by atoms with Crippen molar-refractivity contribution < 1.29 is 4.74 Å². The highest BCUT2D eigenvalue weighted by molar-refractivity contribution is 5.06. The number of nitrogens with one attached hydrogen (secondary N) is 1. The van der Waals surface area contributed by atoms with Gasteiger partial charge in [-0.1, -0.05) is 6.92 Å². The maximum atomic E-state index is 9.42. The largest absolute Gasteiger partial charge is 0.376 e. The van der Waals surface area contributed by atoms with Crippen LogP contribution in [-0.2, 0) is 4.74 Å². The third kappa shape index (κ3) is 5.10. The molecule has 110 valence electrons. The number of hydrogen-bond acceptors (Lipinski definition) is 4. The van der Waals surface area contributed by atoms with Crippen LogP contribution >= 0.6 is 0 Å². The van der Waals surface area contributed by atoms with Gasteiger partial charge in [-0.05, 0) is 40.5 Å². The maximum Gasteiger partial charge on any atom is 0.105 e. The third-order valence-corrected chi connectivity index (χ3v) is 3.81. The Bertz CT molecular complexity index is 313. The van der Waals surface area contributed by atoms with Gasteiger partial charge in [-0.25, -0.2) is 0 Å². The summed E-state index contributed by atoms with van der Waals surface area (Å²) >= 11 is 0. The zero-order valence-corrected chi connectivity index (χ0v) is 13.1. The zero-order valence-electron chi connectivity index (χ0n) is 13.1. The Morgan fingerprint density at radius 2 is 2.16 bits per heavy atom. The summed E-state index contributed by atoms with van der Waals surface area (Å²) in [5.74, 6) is 0. The van der Waals surface area contributed by atoms with Crippen LogP contribution in [0.3, 0.4) is 0 Å². The predicted octanol–water partition coefficient (Wildman–Crippen LogP) is 2.16. The standard InChI is InChI=1S/C15H29N3O/c1-6-14-10-18(7-8-19-14)13(4)9-15(5,11-16)17-12(2)3/h12-14,17H,6-10H2,1-5H3. The van der Waals surface area contributed by atoms with Crippen molar-refractivity contribution >= 4 is 0 Å². The molecule has 1 N–H and O–H groups in total. The molecule has 1 aliphatic heterocycles. The van der Waals surface area contributed by atoms with Gasteiger partial charge in [0.2, 0.25) is 0 Å². The van der Waals surface area contributed by atoms with Crippen molar-refractivity contribution in [2.45, 2.75) is 71.2 Å². The SMILES string of the molecule is CCC1CN(C(C)CC(C)(C#N)NC(C)C)CCO1. The number of nitrogens with zero attached hydrogens (tertiary/aromatic N) is 2. The van der Waals surface area contributed by atoms with E-state index in [1.54, 1.807) is 0 Å². The first kappa shape index (κ1) is 16.4. The van der Waals surface area contributed by atoms with Gasteiger partial charge in [-0.3, -0.25) is 10.2 Å². The van der Waals surface area contributed by atoms with Crippen LogP contribution in [0.25, 0.3) is 0 Å². The van der Waals surface area contributed by atoms with E-state index in [2.05, 4.69) is 44.0 Å². The van der Waals surface area contributed by atoms with Crippen molar-refractivity contribution in [3.05, 3.63) is 0 Å². The Labute approximate surface area is 118 Å². The summed E-state index contributed by atoms with van der Waals surface area (Å²) in [6.07, 6.45) is 2.25. The van der Waals surface area contributed by atoms with Crippen molar-refractivity contribution in [2.24, 2.45) is 0 Å². The zero-order chi connectivity index (χ0) is 14.5. The summed E-state index contributed by atoms with van der Waals surface area (Å²) < 4.78 is 5.71. The Kier molecular flexibility index (Phi) is 6.25. The highest BCUT2D eigenvalue weighted by atomic mass is 16.5. The Morgan fingerprint density at radius 1 is 1.47 bits per heavy atom. The van der Waals surface area contributed by atoms with E-state index in [-0.39, 0.29) is 0 Å². The average molecular weight is 267 g/mol. The molecule has 0 spiro atoms. The first-order valence-electron chi connectivity index (χ1n) is 7.44. The van der Waals surface area contributed by atoms with Gasteiger partial charge in [0.05, 0.1) is 18.8 Å². The van der Waals surface area contributed by atoms with Crippen LogP contribution in [0.2, 0.25) is 0 Å². The molecule has 4 nitrogen and oxygen atoms in total. The van der Waals surface area contributed by atoms with Gasteiger partial charge < -0.3 is 4.74 Å². The van der Waals surface area contributed by atoms with Gasteiger partial charge in [0.25, 0.3) is 0 Å². The van der Waals surface area contributed by atoms with Gasteiger partial charge in [0, 0.05) is 25.2 Å². The second-order valence-electron chi connectivity index (χ2n) is 6.19. The number of rotatable bonds is 6. The van der Waals surface area contributed by atoms with Crippen LogP contribution in [0.1, 0.15) is 47.5 Å². The Hall–Kier alpha value is -0.630. The lowest BCUT2D eigenvalue weighted by Crippen LogP contribution is -2.52. The summed E-state index contributed by atoms with van der Waals surface area (Å²) in [5.41, 5.74) is -0.451. The molecule has 1 saturated heterocycles. The van der Waals surface area contributed by atoms with E-state index in [1.165, 1.54) is 0 Å². The van der Waals surface area contributed by atoms with Gasteiger partial charge in [-0.15, -0.1) is 0 Å². The fourth-order valence-electron chi connectivity index (χ4n) is 2.88. The minimum absolute atomic E-state index is 0.324. The van der Waals surface area contributed by atoms with E-state index in [4.69, 9.17) is 4.74 Å². The normalized spacial score (nSPS) is 25.8. The van der Waals surface area contributed by atoms with Crippen LogP contribution in [0.5, 0.6) is 0 Å². The summed E-state index contributed by atoms with van der Waals surface area (Å²) in [7, 11) is 0. The smallest absolute Gasteiger partial charge is 0.105 e. The van der Waals surface area contributed by atoms with E-state index in [0.717, 1.165) is 32.5 Å². The van der Waals surface area contributed by atoms with Gasteiger partial charge in [0.1, 0.15) is 5.54 Å². The second kappa shape index (κ2) is 7.23. The molecule has 0 bridgehead atoms. The lowest BCUT2D eigenvalue weighted by atomic mass is 9.93. The Morgan fingerprint density at radius 3 is 2.68 bits per heavy atom. The number of nitriles is 1. The quantitative estimate of drug-likeness (QED) is 0.801. The van der Waals surface area contributed by atoms with Gasteiger partial charge in [0.15, 0.2) is 0 Å². The highest BCUT2D eigenvalue weighted by Gasteiger charge is 2.31. The van der Waals surface area contributed by atoms with Crippen molar-refractivity contribution in [1.29, 1.82) is 5.26 Å². The van der Waals surface area contributed by atoms with E-state index < -0.39 is 5.54 Å². The fourth-order valence-corrected chi connectivity index (χ4v) is 2.88. The van der Waals surface area contributed by atoms with Crippen LogP contribution in [0.4, 0.5) is 0 Å². The molecule has 1 aliphatic rings. The molecule has 3 atom stereocenters. The lowest BCUT2D eigenvalue weighted by Gasteiger charge is -2.39. The predicted molar refractivity (Wildman–Crippen MR) is 78.0 cm³/mol. The Balaban J connectivity index is 2.57. The molecule has 1 rings (SSSR count). The molecule has 0 amide bonds. The molecule has 4 heteroatoms. The molecule has 1 fully saturated rings. The van der Waals surface area contributed by atoms with Crippen LogP contribution < -0.4 is 5.32 Å². The third-order valence-electron chi connectivity index (χ3n) is 3.81. The van der Waals surface area contributed by atoms with E-state index in [1.807, 2.05) is 6.92 Å².